The van der Waals surface area contributed by atoms with Crippen molar-refractivity contribution in [3.05, 3.63) is 36.4 Å². The van der Waals surface area contributed by atoms with Gasteiger partial charge < -0.3 is 4.90 Å². The molecule has 0 aliphatic heterocycles. The molecule has 0 unspecified atom stereocenters. The minimum atomic E-state index is -1.84. The number of pyridine rings is 1. The first-order valence-corrected chi connectivity index (χ1v) is 7.36. The van der Waals surface area contributed by atoms with Gasteiger partial charge in [-0.05, 0) is 31.9 Å². The van der Waals surface area contributed by atoms with Crippen LogP contribution in [0.1, 0.15) is 32.4 Å². The molecule has 0 aliphatic rings. The zero-order valence-corrected chi connectivity index (χ0v) is 13.4. The first-order chi connectivity index (χ1) is 10.4. The van der Waals surface area contributed by atoms with Gasteiger partial charge in [0.1, 0.15) is 0 Å². The summed E-state index contributed by atoms with van der Waals surface area (Å²) in [5.74, 6) is -0.536. The lowest BCUT2D eigenvalue weighted by molar-refractivity contribution is -0.130. The summed E-state index contributed by atoms with van der Waals surface area (Å²) >= 11 is 0. The molecule has 2 aromatic heterocycles. The molecule has 0 aromatic carbocycles. The molecule has 22 heavy (non-hydrogen) atoms. The van der Waals surface area contributed by atoms with Gasteiger partial charge in [0.25, 0.3) is 5.91 Å². The predicted octanol–water partition coefficient (Wildman–Crippen LogP) is 3.07. The average Bonchev–Trinajstić information content (AvgIpc) is 2.95. The Morgan fingerprint density at radius 1 is 1.41 bits per heavy atom. The maximum atomic E-state index is 14.6. The molecule has 6 heteroatoms. The Morgan fingerprint density at radius 2 is 2.09 bits per heavy atom. The van der Waals surface area contributed by atoms with Gasteiger partial charge in [0.2, 0.25) is 0 Å². The number of carbonyl (C=O) groups excluding carboxylic acids is 1. The molecule has 0 radical (unpaired) electrons. The molecule has 2 aromatic rings. The number of aromatic nitrogens is 3. The molecule has 2 heterocycles. The molecule has 0 saturated heterocycles. The third kappa shape index (κ3) is 2.86. The highest BCUT2D eigenvalue weighted by Crippen LogP contribution is 2.27. The molecule has 0 N–H and O–H groups in total. The van der Waals surface area contributed by atoms with Gasteiger partial charge in [0, 0.05) is 13.2 Å². The second-order valence-corrected chi connectivity index (χ2v) is 5.29. The van der Waals surface area contributed by atoms with Crippen LogP contribution in [0.15, 0.2) is 30.7 Å². The van der Waals surface area contributed by atoms with Gasteiger partial charge in [-0.3, -0.25) is 9.78 Å². The number of carbonyl (C=O) groups is 1. The van der Waals surface area contributed by atoms with E-state index >= 15 is 0 Å². The Balaban J connectivity index is 2.34. The summed E-state index contributed by atoms with van der Waals surface area (Å²) in [4.78, 5) is 17.8. The predicted molar refractivity (Wildman–Crippen MR) is 83.9 cm³/mol. The highest BCUT2D eigenvalue weighted by atomic mass is 19.1. The fourth-order valence-electron chi connectivity index (χ4n) is 2.36. The summed E-state index contributed by atoms with van der Waals surface area (Å²) in [7, 11) is 1.58. The van der Waals surface area contributed by atoms with E-state index in [-0.39, 0.29) is 12.8 Å². The molecule has 0 aliphatic carbocycles. The van der Waals surface area contributed by atoms with Crippen LogP contribution >= 0.6 is 0 Å². The summed E-state index contributed by atoms with van der Waals surface area (Å²) < 4.78 is 16.3. The Bertz CT molecular complexity index is 649. The van der Waals surface area contributed by atoms with Gasteiger partial charge in [0.15, 0.2) is 5.67 Å². The van der Waals surface area contributed by atoms with Gasteiger partial charge in [-0.15, -0.1) is 0 Å². The van der Waals surface area contributed by atoms with Crippen molar-refractivity contribution in [3.8, 4) is 5.69 Å². The van der Waals surface area contributed by atoms with E-state index in [0.717, 1.165) is 5.69 Å². The van der Waals surface area contributed by atoms with Crippen LogP contribution in [-0.4, -0.2) is 33.4 Å². The first-order valence-electron chi connectivity index (χ1n) is 7.36. The maximum absolute atomic E-state index is 14.6. The lowest BCUT2D eigenvalue weighted by atomic mass is 9.98. The van der Waals surface area contributed by atoms with Gasteiger partial charge >= 0.3 is 0 Å². The SMILES string of the molecule is CCC(F)(CC)C(=O)N(C)c1cn(-c2cccnc2)nc1C. The van der Waals surface area contributed by atoms with Crippen molar-refractivity contribution in [1.82, 2.24) is 14.8 Å². The number of alkyl halides is 1. The summed E-state index contributed by atoms with van der Waals surface area (Å²) in [6, 6.07) is 3.67. The van der Waals surface area contributed by atoms with E-state index in [1.165, 1.54) is 4.90 Å². The van der Waals surface area contributed by atoms with E-state index in [1.54, 1.807) is 51.1 Å². The topological polar surface area (TPSA) is 51.0 Å². The van der Waals surface area contributed by atoms with E-state index < -0.39 is 11.6 Å². The summed E-state index contributed by atoms with van der Waals surface area (Å²) in [5, 5.41) is 4.38. The summed E-state index contributed by atoms with van der Waals surface area (Å²) in [6.45, 7) is 5.16. The number of rotatable bonds is 5. The molecule has 2 rings (SSSR count). The van der Waals surface area contributed by atoms with Gasteiger partial charge in [-0.1, -0.05) is 13.8 Å². The van der Waals surface area contributed by atoms with Crippen LogP contribution in [0.3, 0.4) is 0 Å². The first kappa shape index (κ1) is 16.1. The minimum absolute atomic E-state index is 0.155. The van der Waals surface area contributed by atoms with Crippen molar-refractivity contribution >= 4 is 11.6 Å². The third-order valence-electron chi connectivity index (χ3n) is 3.95. The second kappa shape index (κ2) is 6.25. The Kier molecular flexibility index (Phi) is 4.59. The van der Waals surface area contributed by atoms with Crippen molar-refractivity contribution in [2.75, 3.05) is 11.9 Å². The normalized spacial score (nSPS) is 11.5. The van der Waals surface area contributed by atoms with E-state index in [0.29, 0.717) is 11.4 Å². The number of amides is 1. The molecule has 0 bridgehead atoms. The fraction of sp³-hybridized carbons (Fsp3) is 0.438. The number of halogens is 1. The van der Waals surface area contributed by atoms with Crippen LogP contribution in [0, 0.1) is 6.92 Å². The molecule has 5 nitrogen and oxygen atoms in total. The Morgan fingerprint density at radius 3 is 2.64 bits per heavy atom. The number of nitrogens with zero attached hydrogens (tertiary/aromatic N) is 4. The van der Waals surface area contributed by atoms with Crippen LogP contribution in [-0.2, 0) is 4.79 Å². The molecule has 1 amide bonds. The quantitative estimate of drug-likeness (QED) is 0.853. The van der Waals surface area contributed by atoms with E-state index in [2.05, 4.69) is 10.1 Å². The van der Waals surface area contributed by atoms with Crippen molar-refractivity contribution in [3.63, 3.8) is 0 Å². The van der Waals surface area contributed by atoms with E-state index in [4.69, 9.17) is 0 Å². The van der Waals surface area contributed by atoms with Crippen LogP contribution in [0.5, 0.6) is 0 Å². The summed E-state index contributed by atoms with van der Waals surface area (Å²) in [5.41, 5.74) is 0.208. The fourth-order valence-corrected chi connectivity index (χ4v) is 2.36. The summed E-state index contributed by atoms with van der Waals surface area (Å²) in [6.07, 6.45) is 5.38. The number of hydrogen-bond acceptors (Lipinski definition) is 3. The molecule has 0 fully saturated rings. The lowest BCUT2D eigenvalue weighted by Gasteiger charge is -2.27. The van der Waals surface area contributed by atoms with Crippen LogP contribution in [0.25, 0.3) is 5.69 Å². The average molecular weight is 304 g/mol. The van der Waals surface area contributed by atoms with Crippen molar-refractivity contribution < 1.29 is 9.18 Å². The maximum Gasteiger partial charge on any atom is 0.264 e. The van der Waals surface area contributed by atoms with Crippen LogP contribution in [0.4, 0.5) is 10.1 Å². The highest BCUT2D eigenvalue weighted by molar-refractivity contribution is 5.99. The van der Waals surface area contributed by atoms with Crippen LogP contribution < -0.4 is 4.90 Å². The minimum Gasteiger partial charge on any atom is -0.310 e. The van der Waals surface area contributed by atoms with Crippen molar-refractivity contribution in [1.29, 1.82) is 0 Å². The zero-order valence-electron chi connectivity index (χ0n) is 13.4. The van der Waals surface area contributed by atoms with Crippen molar-refractivity contribution in [2.24, 2.45) is 0 Å². The van der Waals surface area contributed by atoms with Crippen molar-refractivity contribution in [2.45, 2.75) is 39.3 Å². The Hall–Kier alpha value is -2.24. The standard InChI is InChI=1S/C16H21FN4O/c1-5-16(17,6-2)15(22)20(4)14-11-21(19-12(14)3)13-8-7-9-18-10-13/h7-11H,5-6H2,1-4H3. The van der Waals surface area contributed by atoms with Gasteiger partial charge in [-0.2, -0.15) is 5.10 Å². The molecule has 0 spiro atoms. The molecule has 118 valence electrons. The van der Waals surface area contributed by atoms with Gasteiger partial charge in [0.05, 0.1) is 29.5 Å². The number of hydrogen-bond donors (Lipinski definition) is 0. The molecular weight excluding hydrogens is 283 g/mol. The third-order valence-corrected chi connectivity index (χ3v) is 3.95. The number of anilines is 1. The Labute approximate surface area is 129 Å². The lowest BCUT2D eigenvalue weighted by Crippen LogP contribution is -2.44. The van der Waals surface area contributed by atoms with Gasteiger partial charge in [-0.25, -0.2) is 9.07 Å². The monoisotopic (exact) mass is 304 g/mol. The largest absolute Gasteiger partial charge is 0.310 e. The van der Waals surface area contributed by atoms with E-state index in [1.807, 2.05) is 12.1 Å². The second-order valence-electron chi connectivity index (χ2n) is 5.29. The smallest absolute Gasteiger partial charge is 0.264 e. The number of aryl methyl sites for hydroxylation is 1. The van der Waals surface area contributed by atoms with Crippen LogP contribution in [0.2, 0.25) is 0 Å². The molecular formula is C16H21FN4O. The molecule has 0 saturated carbocycles. The highest BCUT2D eigenvalue weighted by Gasteiger charge is 2.38. The van der Waals surface area contributed by atoms with E-state index in [9.17, 15) is 9.18 Å². The molecule has 0 atom stereocenters. The zero-order chi connectivity index (χ0) is 16.3.